The summed E-state index contributed by atoms with van der Waals surface area (Å²) in [5.41, 5.74) is 3.47. The van der Waals surface area contributed by atoms with E-state index in [-0.39, 0.29) is 28.0 Å². The third kappa shape index (κ3) is 5.49. The Labute approximate surface area is 184 Å². The minimum atomic E-state index is -0.649. The molecule has 1 heterocycles. The van der Waals surface area contributed by atoms with E-state index in [9.17, 15) is 19.2 Å². The van der Waals surface area contributed by atoms with Crippen molar-refractivity contribution in [2.75, 3.05) is 25.6 Å². The second kappa shape index (κ2) is 10.2. The molecule has 0 atom stereocenters. The van der Waals surface area contributed by atoms with Gasteiger partial charge >= 0.3 is 11.9 Å². The van der Waals surface area contributed by atoms with Crippen molar-refractivity contribution < 1.29 is 28.7 Å². The molecule has 1 aromatic heterocycles. The predicted molar refractivity (Wildman–Crippen MR) is 118 cm³/mol. The third-order valence-corrected chi connectivity index (χ3v) is 5.73. The normalized spacial score (nSPS) is 10.4. The molecule has 1 aromatic carbocycles. The highest BCUT2D eigenvalue weighted by atomic mass is 32.1. The average molecular weight is 447 g/mol. The summed E-state index contributed by atoms with van der Waals surface area (Å²) in [7, 11) is 1.47. The van der Waals surface area contributed by atoms with E-state index in [0.29, 0.717) is 11.1 Å². The molecule has 2 N–H and O–H groups in total. The maximum Gasteiger partial charge on any atom is 0.341 e. The van der Waals surface area contributed by atoms with E-state index in [0.717, 1.165) is 28.0 Å². The number of aryl methyl sites for hydroxylation is 3. The van der Waals surface area contributed by atoms with Crippen LogP contribution in [-0.4, -0.2) is 44.0 Å². The molecule has 2 amide bonds. The summed E-state index contributed by atoms with van der Waals surface area (Å²) in [5.74, 6) is -2.27. The van der Waals surface area contributed by atoms with E-state index in [1.807, 2.05) is 19.1 Å². The summed E-state index contributed by atoms with van der Waals surface area (Å²) in [4.78, 5) is 49.6. The molecule has 2 rings (SSSR count). The lowest BCUT2D eigenvalue weighted by molar-refractivity contribution is -0.119. The smallest absolute Gasteiger partial charge is 0.341 e. The van der Waals surface area contributed by atoms with Gasteiger partial charge in [-0.1, -0.05) is 17.7 Å². The lowest BCUT2D eigenvalue weighted by Gasteiger charge is -2.11. The molecule has 0 aliphatic heterocycles. The zero-order chi connectivity index (χ0) is 23.3. The van der Waals surface area contributed by atoms with Gasteiger partial charge in [0, 0.05) is 7.05 Å². The quantitative estimate of drug-likeness (QED) is 0.632. The topological polar surface area (TPSA) is 111 Å². The Bertz CT molecular complexity index is 1020. The molecule has 2 aromatic rings. The van der Waals surface area contributed by atoms with Crippen LogP contribution in [0.25, 0.3) is 0 Å². The summed E-state index contributed by atoms with van der Waals surface area (Å²) in [5, 5.41) is 5.22. The number of benzene rings is 1. The number of nitrogens with one attached hydrogen (secondary N) is 2. The molecule has 9 heteroatoms. The first kappa shape index (κ1) is 24.1. The Morgan fingerprint density at radius 1 is 0.935 bits per heavy atom. The van der Waals surface area contributed by atoms with Gasteiger partial charge in [-0.05, 0) is 51.3 Å². The Morgan fingerprint density at radius 3 is 2.06 bits per heavy atom. The standard InChI is InChI=1S/C22H26N2O6S/c1-7-29-22(28)17-14(5)18(19(26)23-6)31-20(17)24-15(25)10-30-21(27)16-12(3)8-11(2)9-13(16)4/h8-9H,7,10H2,1-6H3,(H,23,26)(H,24,25). The van der Waals surface area contributed by atoms with Crippen molar-refractivity contribution in [3.05, 3.63) is 50.4 Å². The molecule has 31 heavy (non-hydrogen) atoms. The van der Waals surface area contributed by atoms with Gasteiger partial charge in [0.15, 0.2) is 6.61 Å². The van der Waals surface area contributed by atoms with Crippen molar-refractivity contribution in [1.82, 2.24) is 5.32 Å². The SMILES string of the molecule is CCOC(=O)c1c(NC(=O)COC(=O)c2c(C)cc(C)cc2C)sc(C(=O)NC)c1C. The van der Waals surface area contributed by atoms with Gasteiger partial charge in [0.2, 0.25) is 0 Å². The van der Waals surface area contributed by atoms with Gasteiger partial charge in [0.1, 0.15) is 5.00 Å². The van der Waals surface area contributed by atoms with Crippen molar-refractivity contribution in [2.24, 2.45) is 0 Å². The molecular weight excluding hydrogens is 420 g/mol. The number of carbonyl (C=O) groups excluding carboxylic acids is 4. The molecule has 8 nitrogen and oxygen atoms in total. The third-order valence-electron chi connectivity index (χ3n) is 4.53. The number of esters is 2. The Hall–Kier alpha value is -3.20. The van der Waals surface area contributed by atoms with Crippen LogP contribution in [0.4, 0.5) is 5.00 Å². The monoisotopic (exact) mass is 446 g/mol. The van der Waals surface area contributed by atoms with Crippen LogP contribution < -0.4 is 10.6 Å². The van der Waals surface area contributed by atoms with E-state index in [1.165, 1.54) is 7.05 Å². The molecule has 0 fully saturated rings. The zero-order valence-electron chi connectivity index (χ0n) is 18.4. The second-order valence-corrected chi connectivity index (χ2v) is 7.98. The van der Waals surface area contributed by atoms with E-state index in [4.69, 9.17) is 9.47 Å². The van der Waals surface area contributed by atoms with Gasteiger partial charge in [-0.25, -0.2) is 9.59 Å². The maximum absolute atomic E-state index is 12.5. The van der Waals surface area contributed by atoms with Crippen LogP contribution in [0.3, 0.4) is 0 Å². The number of rotatable bonds is 7. The van der Waals surface area contributed by atoms with Crippen LogP contribution in [0, 0.1) is 27.7 Å². The van der Waals surface area contributed by atoms with Gasteiger partial charge in [0.25, 0.3) is 11.8 Å². The number of carbonyl (C=O) groups is 4. The molecule has 0 aliphatic carbocycles. The first-order valence-electron chi connectivity index (χ1n) is 9.68. The average Bonchev–Trinajstić information content (AvgIpc) is 3.01. The predicted octanol–water partition coefficient (Wildman–Crippen LogP) is 3.31. The first-order chi connectivity index (χ1) is 14.6. The van der Waals surface area contributed by atoms with Gasteiger partial charge in [-0.15, -0.1) is 11.3 Å². The Balaban J connectivity index is 2.19. The minimum Gasteiger partial charge on any atom is -0.462 e. The van der Waals surface area contributed by atoms with E-state index < -0.39 is 24.5 Å². The maximum atomic E-state index is 12.5. The molecule has 0 unspecified atom stereocenters. The van der Waals surface area contributed by atoms with E-state index in [2.05, 4.69) is 10.6 Å². The minimum absolute atomic E-state index is 0.107. The largest absolute Gasteiger partial charge is 0.462 e. The molecule has 0 aliphatic rings. The summed E-state index contributed by atoms with van der Waals surface area (Å²) >= 11 is 0.953. The lowest BCUT2D eigenvalue weighted by Crippen LogP contribution is -2.22. The van der Waals surface area contributed by atoms with Crippen LogP contribution in [0.2, 0.25) is 0 Å². The lowest BCUT2D eigenvalue weighted by atomic mass is 10.00. The van der Waals surface area contributed by atoms with Crippen molar-refractivity contribution >= 4 is 40.1 Å². The van der Waals surface area contributed by atoms with Gasteiger partial charge in [-0.3, -0.25) is 9.59 Å². The highest BCUT2D eigenvalue weighted by Crippen LogP contribution is 2.33. The van der Waals surface area contributed by atoms with Gasteiger partial charge in [-0.2, -0.15) is 0 Å². The first-order valence-corrected chi connectivity index (χ1v) is 10.5. The van der Waals surface area contributed by atoms with Crippen molar-refractivity contribution in [3.63, 3.8) is 0 Å². The molecule has 0 saturated carbocycles. The summed E-state index contributed by atoms with van der Waals surface area (Å²) in [6, 6.07) is 3.73. The van der Waals surface area contributed by atoms with Crippen molar-refractivity contribution in [1.29, 1.82) is 0 Å². The second-order valence-electron chi connectivity index (χ2n) is 6.96. The fourth-order valence-electron chi connectivity index (χ4n) is 3.25. The Morgan fingerprint density at radius 2 is 1.52 bits per heavy atom. The fraction of sp³-hybridized carbons (Fsp3) is 0.364. The molecule has 0 bridgehead atoms. The fourth-order valence-corrected chi connectivity index (χ4v) is 4.41. The van der Waals surface area contributed by atoms with Crippen LogP contribution in [0.1, 0.15) is 59.6 Å². The number of anilines is 1. The van der Waals surface area contributed by atoms with Crippen molar-refractivity contribution in [3.8, 4) is 0 Å². The molecular formula is C22H26N2O6S. The van der Waals surface area contributed by atoms with Crippen molar-refractivity contribution in [2.45, 2.75) is 34.6 Å². The van der Waals surface area contributed by atoms with Gasteiger partial charge < -0.3 is 20.1 Å². The highest BCUT2D eigenvalue weighted by molar-refractivity contribution is 7.18. The molecule has 0 saturated heterocycles. The van der Waals surface area contributed by atoms with Crippen LogP contribution in [0.15, 0.2) is 12.1 Å². The highest BCUT2D eigenvalue weighted by Gasteiger charge is 2.26. The molecule has 0 radical (unpaired) electrons. The number of amides is 2. The van der Waals surface area contributed by atoms with E-state index >= 15 is 0 Å². The zero-order valence-corrected chi connectivity index (χ0v) is 19.2. The molecule has 166 valence electrons. The van der Waals surface area contributed by atoms with Crippen LogP contribution >= 0.6 is 11.3 Å². The number of hydrogen-bond acceptors (Lipinski definition) is 7. The summed E-state index contributed by atoms with van der Waals surface area (Å²) < 4.78 is 10.2. The number of ether oxygens (including phenoxy) is 2. The summed E-state index contributed by atoms with van der Waals surface area (Å²) in [6.07, 6.45) is 0. The van der Waals surface area contributed by atoms with Crippen LogP contribution in [0.5, 0.6) is 0 Å². The van der Waals surface area contributed by atoms with Gasteiger partial charge in [0.05, 0.1) is 22.6 Å². The Kier molecular flexibility index (Phi) is 7.93. The van der Waals surface area contributed by atoms with E-state index in [1.54, 1.807) is 27.7 Å². The number of thiophene rings is 1. The summed E-state index contributed by atoms with van der Waals surface area (Å²) in [6.45, 7) is 8.40. The molecule has 0 spiro atoms. The van der Waals surface area contributed by atoms with Crippen LogP contribution in [-0.2, 0) is 14.3 Å². The number of hydrogen-bond donors (Lipinski definition) is 2.